The van der Waals surface area contributed by atoms with Gasteiger partial charge in [-0.1, -0.05) is 19.8 Å². The average Bonchev–Trinajstić information content (AvgIpc) is 3.54. The molecule has 3 aromatic heterocycles. The zero-order chi connectivity index (χ0) is 23.0. The third-order valence-electron chi connectivity index (χ3n) is 6.85. The average molecular weight is 474 g/mol. The van der Waals surface area contributed by atoms with Gasteiger partial charge < -0.3 is 10.1 Å². The molecule has 11 heteroatoms. The number of nitrogens with one attached hydrogen (secondary N) is 2. The first-order chi connectivity index (χ1) is 15.9. The zero-order valence-corrected chi connectivity index (χ0v) is 19.9. The van der Waals surface area contributed by atoms with Gasteiger partial charge in [0.2, 0.25) is 21.9 Å². The van der Waals surface area contributed by atoms with Crippen LogP contribution in [0.2, 0.25) is 0 Å². The van der Waals surface area contributed by atoms with Crippen LogP contribution < -0.4 is 10.1 Å². The zero-order valence-electron chi connectivity index (χ0n) is 19.1. The Morgan fingerprint density at radius 3 is 2.76 bits per heavy atom. The van der Waals surface area contributed by atoms with Gasteiger partial charge in [-0.05, 0) is 43.2 Å². The van der Waals surface area contributed by atoms with Crippen LogP contribution in [0.5, 0.6) is 5.88 Å². The molecule has 2 atom stereocenters. The molecule has 2 fully saturated rings. The lowest BCUT2D eigenvalue weighted by Crippen LogP contribution is -2.47. The fourth-order valence-corrected chi connectivity index (χ4v) is 5.85. The third kappa shape index (κ3) is 4.70. The van der Waals surface area contributed by atoms with Gasteiger partial charge in [-0.3, -0.25) is 5.10 Å². The Morgan fingerprint density at radius 2 is 2.06 bits per heavy atom. The quantitative estimate of drug-likeness (QED) is 0.542. The maximum absolute atomic E-state index is 11.9. The second-order valence-electron chi connectivity index (χ2n) is 9.34. The van der Waals surface area contributed by atoms with Crippen LogP contribution in [-0.4, -0.2) is 69.5 Å². The number of fused-ring (bicyclic) bond motifs is 1. The SMILES string of the molecule is C[C@@H]1CN(S(C)(=O)=O)CC[C@@H]1Nc1nc2ccc(-c3cn[nH]c3)c(OCC3CCCC3)n2n1. The summed E-state index contributed by atoms with van der Waals surface area (Å²) in [6.07, 6.45) is 10.5. The molecule has 1 aliphatic carbocycles. The molecule has 2 aliphatic rings. The van der Waals surface area contributed by atoms with E-state index in [1.807, 2.05) is 18.3 Å². The van der Waals surface area contributed by atoms with Crippen molar-refractivity contribution >= 4 is 21.6 Å². The van der Waals surface area contributed by atoms with Crippen LogP contribution in [0, 0.1) is 11.8 Å². The highest BCUT2D eigenvalue weighted by Gasteiger charge is 2.31. The van der Waals surface area contributed by atoms with Crippen molar-refractivity contribution in [2.24, 2.45) is 11.8 Å². The van der Waals surface area contributed by atoms with Gasteiger partial charge in [-0.15, -0.1) is 5.10 Å². The number of ether oxygens (including phenoxy) is 1. The number of nitrogens with zero attached hydrogens (tertiary/aromatic N) is 5. The number of H-pyrrole nitrogens is 1. The van der Waals surface area contributed by atoms with Crippen molar-refractivity contribution in [3.05, 3.63) is 24.5 Å². The lowest BCUT2D eigenvalue weighted by molar-refractivity contribution is 0.239. The van der Waals surface area contributed by atoms with E-state index in [1.54, 1.807) is 15.0 Å². The van der Waals surface area contributed by atoms with Gasteiger partial charge in [-0.2, -0.15) is 14.6 Å². The van der Waals surface area contributed by atoms with E-state index in [-0.39, 0.29) is 12.0 Å². The number of sulfonamides is 1. The number of rotatable bonds is 7. The van der Waals surface area contributed by atoms with Crippen LogP contribution in [0.25, 0.3) is 16.8 Å². The Labute approximate surface area is 193 Å². The van der Waals surface area contributed by atoms with Gasteiger partial charge >= 0.3 is 0 Å². The van der Waals surface area contributed by atoms with Crippen molar-refractivity contribution in [2.75, 3.05) is 31.3 Å². The van der Waals surface area contributed by atoms with Gasteiger partial charge in [0.1, 0.15) is 0 Å². The predicted octanol–water partition coefficient (Wildman–Crippen LogP) is 2.77. The van der Waals surface area contributed by atoms with Gasteiger partial charge in [-0.25, -0.2) is 12.7 Å². The van der Waals surface area contributed by atoms with Crippen LogP contribution in [0.15, 0.2) is 24.5 Å². The van der Waals surface area contributed by atoms with Crippen molar-refractivity contribution < 1.29 is 13.2 Å². The van der Waals surface area contributed by atoms with Crippen LogP contribution >= 0.6 is 0 Å². The summed E-state index contributed by atoms with van der Waals surface area (Å²) in [7, 11) is -3.18. The predicted molar refractivity (Wildman–Crippen MR) is 126 cm³/mol. The van der Waals surface area contributed by atoms with Gasteiger partial charge in [0.05, 0.1) is 19.1 Å². The number of piperidine rings is 1. The van der Waals surface area contributed by atoms with Crippen molar-refractivity contribution in [3.63, 3.8) is 0 Å². The molecule has 0 unspecified atom stereocenters. The van der Waals surface area contributed by atoms with Gasteiger partial charge in [0.15, 0.2) is 5.65 Å². The van der Waals surface area contributed by atoms with E-state index in [0.717, 1.165) is 11.1 Å². The monoisotopic (exact) mass is 473 g/mol. The number of hydrogen-bond acceptors (Lipinski definition) is 7. The first-order valence-corrected chi connectivity index (χ1v) is 13.5. The summed E-state index contributed by atoms with van der Waals surface area (Å²) in [6, 6.07) is 4.02. The van der Waals surface area contributed by atoms with Crippen LogP contribution in [0.4, 0.5) is 5.95 Å². The van der Waals surface area contributed by atoms with E-state index >= 15 is 0 Å². The molecule has 0 radical (unpaired) electrons. The largest absolute Gasteiger partial charge is 0.477 e. The molecule has 1 saturated heterocycles. The number of aromatic amines is 1. The standard InChI is InChI=1S/C22H31N7O3S/c1-15-13-28(33(2,30)31)10-9-19(15)25-22-26-20-8-7-18(17-11-23-24-12-17)21(29(20)27-22)32-14-16-5-3-4-6-16/h7-8,11-12,15-16,19H,3-6,9-10,13-14H2,1-2H3,(H,23,24)(H,25,27)/t15-,19+/m1/s1. The van der Waals surface area contributed by atoms with Crippen molar-refractivity contribution in [3.8, 4) is 17.0 Å². The van der Waals surface area contributed by atoms with Crippen molar-refractivity contribution in [1.82, 2.24) is 29.1 Å². The number of hydrogen-bond donors (Lipinski definition) is 2. The Bertz CT molecular complexity index is 1200. The highest BCUT2D eigenvalue weighted by Crippen LogP contribution is 2.33. The Morgan fingerprint density at radius 1 is 1.24 bits per heavy atom. The first-order valence-electron chi connectivity index (χ1n) is 11.6. The molecule has 0 amide bonds. The molecule has 1 aliphatic heterocycles. The molecule has 0 spiro atoms. The van der Waals surface area contributed by atoms with Gasteiger partial charge in [0.25, 0.3) is 0 Å². The summed E-state index contributed by atoms with van der Waals surface area (Å²) in [6.45, 7) is 3.70. The van der Waals surface area contributed by atoms with E-state index in [1.165, 1.54) is 31.9 Å². The Kier molecular flexibility index (Phi) is 6.00. The fourth-order valence-electron chi connectivity index (χ4n) is 4.91. The lowest BCUT2D eigenvalue weighted by Gasteiger charge is -2.35. The summed E-state index contributed by atoms with van der Waals surface area (Å²) in [4.78, 5) is 4.68. The minimum atomic E-state index is -3.18. The Balaban J connectivity index is 1.40. The molecule has 5 rings (SSSR count). The molecular weight excluding hydrogens is 442 g/mol. The summed E-state index contributed by atoms with van der Waals surface area (Å²) in [5.74, 6) is 1.90. The Hall–Kier alpha value is -2.66. The van der Waals surface area contributed by atoms with Crippen molar-refractivity contribution in [1.29, 1.82) is 0 Å². The van der Waals surface area contributed by atoms with E-state index in [0.29, 0.717) is 49.5 Å². The smallest absolute Gasteiger partial charge is 0.243 e. The molecule has 0 aromatic carbocycles. The second-order valence-corrected chi connectivity index (χ2v) is 11.3. The molecule has 178 valence electrons. The summed E-state index contributed by atoms with van der Waals surface area (Å²) in [5, 5.41) is 15.1. The summed E-state index contributed by atoms with van der Waals surface area (Å²) >= 11 is 0. The molecule has 4 heterocycles. The number of anilines is 1. The van der Waals surface area contributed by atoms with E-state index < -0.39 is 10.0 Å². The van der Waals surface area contributed by atoms with Gasteiger partial charge in [0, 0.05) is 36.5 Å². The summed E-state index contributed by atoms with van der Waals surface area (Å²) in [5.41, 5.74) is 2.55. The normalized spacial score (nSPS) is 22.7. The maximum atomic E-state index is 11.9. The number of aromatic nitrogens is 5. The minimum absolute atomic E-state index is 0.0941. The summed E-state index contributed by atoms with van der Waals surface area (Å²) < 4.78 is 33.4. The first kappa shape index (κ1) is 22.1. The van der Waals surface area contributed by atoms with Crippen LogP contribution in [0.3, 0.4) is 0 Å². The van der Waals surface area contributed by atoms with Crippen LogP contribution in [-0.2, 0) is 10.0 Å². The topological polar surface area (TPSA) is 118 Å². The molecular formula is C22H31N7O3S. The highest BCUT2D eigenvalue weighted by molar-refractivity contribution is 7.88. The molecule has 10 nitrogen and oxygen atoms in total. The molecule has 33 heavy (non-hydrogen) atoms. The minimum Gasteiger partial charge on any atom is -0.477 e. The maximum Gasteiger partial charge on any atom is 0.243 e. The fraction of sp³-hybridized carbons (Fsp3) is 0.591. The molecule has 0 bridgehead atoms. The van der Waals surface area contributed by atoms with Crippen molar-refractivity contribution in [2.45, 2.75) is 45.1 Å². The molecule has 2 N–H and O–H groups in total. The highest BCUT2D eigenvalue weighted by atomic mass is 32.2. The van der Waals surface area contributed by atoms with E-state index in [2.05, 4.69) is 27.4 Å². The van der Waals surface area contributed by atoms with Crippen LogP contribution in [0.1, 0.15) is 39.0 Å². The second kappa shape index (κ2) is 8.94. The third-order valence-corrected chi connectivity index (χ3v) is 8.11. The molecule has 3 aromatic rings. The van der Waals surface area contributed by atoms with E-state index in [4.69, 9.17) is 9.84 Å². The molecule has 1 saturated carbocycles. The lowest BCUT2D eigenvalue weighted by atomic mass is 9.95. The number of pyridine rings is 1. The van der Waals surface area contributed by atoms with E-state index in [9.17, 15) is 8.42 Å².